The van der Waals surface area contributed by atoms with Crippen LogP contribution in [0.2, 0.25) is 0 Å². The summed E-state index contributed by atoms with van der Waals surface area (Å²) in [6.07, 6.45) is 3.51. The Morgan fingerprint density at radius 2 is 1.86 bits per heavy atom. The van der Waals surface area contributed by atoms with Gasteiger partial charge in [-0.1, -0.05) is 0 Å². The van der Waals surface area contributed by atoms with Gasteiger partial charge >= 0.3 is 0 Å². The van der Waals surface area contributed by atoms with Crippen molar-refractivity contribution in [2.24, 2.45) is 0 Å². The third kappa shape index (κ3) is 2.16. The summed E-state index contributed by atoms with van der Waals surface area (Å²) in [7, 11) is 0. The average Bonchev–Trinajstić information content (AvgIpc) is 2.53. The largest absolute Gasteiger partial charge is 0.367 e. The van der Waals surface area contributed by atoms with E-state index in [1.165, 1.54) is 0 Å². The minimum absolute atomic E-state index is 0.0938. The molecule has 78 valence electrons. The smallest absolute Gasteiger partial charge is 0.255 e. The Kier molecular flexibility index (Phi) is 3.33. The van der Waals surface area contributed by atoms with Gasteiger partial charge < -0.3 is 9.88 Å². The molecule has 1 aromatic rings. The number of nitrogens with zero attached hydrogens (tertiary/aromatic N) is 1. The summed E-state index contributed by atoms with van der Waals surface area (Å²) in [6.45, 7) is 8.13. The van der Waals surface area contributed by atoms with Crippen LogP contribution in [-0.4, -0.2) is 27.9 Å². The monoisotopic (exact) mass is 194 g/mol. The first kappa shape index (κ1) is 10.8. The van der Waals surface area contributed by atoms with Crippen LogP contribution in [0, 0.1) is 0 Å². The number of carbonyl (C=O) groups is 1. The fourth-order valence-corrected chi connectivity index (χ4v) is 1.67. The molecule has 3 heteroatoms. The number of aromatic nitrogens is 1. The van der Waals surface area contributed by atoms with Gasteiger partial charge in [0.25, 0.3) is 5.91 Å². The standard InChI is InChI=1S/C11H18N2O/c1-8(2)13(9(3)4)11(14)10-5-6-12-7-10/h5-9,12H,1-4H3. The van der Waals surface area contributed by atoms with Crippen molar-refractivity contribution in [3.05, 3.63) is 24.0 Å². The summed E-state index contributed by atoms with van der Waals surface area (Å²) in [5.74, 6) is 0.0938. The number of nitrogens with one attached hydrogen (secondary N) is 1. The molecule has 0 aliphatic carbocycles. The topological polar surface area (TPSA) is 36.1 Å². The molecule has 0 aliphatic rings. The maximum atomic E-state index is 12.0. The SMILES string of the molecule is CC(C)N(C(=O)c1cc[nH]c1)C(C)C. The third-order valence-electron chi connectivity index (χ3n) is 2.19. The first-order chi connectivity index (χ1) is 6.54. The predicted octanol–water partition coefficient (Wildman–Crippen LogP) is 2.27. The Bertz CT molecular complexity index is 280. The van der Waals surface area contributed by atoms with E-state index < -0.39 is 0 Å². The summed E-state index contributed by atoms with van der Waals surface area (Å²) in [6, 6.07) is 2.27. The molecule has 0 spiro atoms. The summed E-state index contributed by atoms with van der Waals surface area (Å²) in [4.78, 5) is 16.8. The van der Waals surface area contributed by atoms with Crippen molar-refractivity contribution < 1.29 is 4.79 Å². The van der Waals surface area contributed by atoms with Crippen molar-refractivity contribution in [3.8, 4) is 0 Å². The lowest BCUT2D eigenvalue weighted by Crippen LogP contribution is -2.41. The maximum Gasteiger partial charge on any atom is 0.255 e. The van der Waals surface area contributed by atoms with Crippen LogP contribution in [0.1, 0.15) is 38.1 Å². The van der Waals surface area contributed by atoms with Crippen molar-refractivity contribution in [3.63, 3.8) is 0 Å². The van der Waals surface area contributed by atoms with Crippen molar-refractivity contribution in [2.75, 3.05) is 0 Å². The third-order valence-corrected chi connectivity index (χ3v) is 2.19. The van der Waals surface area contributed by atoms with E-state index in [2.05, 4.69) is 4.98 Å². The van der Waals surface area contributed by atoms with E-state index in [1.807, 2.05) is 32.6 Å². The first-order valence-corrected chi connectivity index (χ1v) is 4.99. The highest BCUT2D eigenvalue weighted by Crippen LogP contribution is 2.11. The predicted molar refractivity (Wildman–Crippen MR) is 57.2 cm³/mol. The van der Waals surface area contributed by atoms with Crippen molar-refractivity contribution in [2.45, 2.75) is 39.8 Å². The van der Waals surface area contributed by atoms with E-state index in [0.717, 1.165) is 5.56 Å². The molecule has 3 nitrogen and oxygen atoms in total. The number of carbonyl (C=O) groups excluding carboxylic acids is 1. The van der Waals surface area contributed by atoms with Gasteiger partial charge in [-0.2, -0.15) is 0 Å². The molecule has 0 aromatic carbocycles. The van der Waals surface area contributed by atoms with E-state index in [9.17, 15) is 4.79 Å². The second-order valence-corrected chi connectivity index (χ2v) is 4.00. The molecule has 14 heavy (non-hydrogen) atoms. The Labute approximate surface area is 85.1 Å². The van der Waals surface area contributed by atoms with Gasteiger partial charge in [-0.05, 0) is 33.8 Å². The summed E-state index contributed by atoms with van der Waals surface area (Å²) in [5.41, 5.74) is 0.729. The first-order valence-electron chi connectivity index (χ1n) is 4.99. The van der Waals surface area contributed by atoms with Gasteiger partial charge in [0.1, 0.15) is 0 Å². The van der Waals surface area contributed by atoms with Crippen molar-refractivity contribution in [1.82, 2.24) is 9.88 Å². The number of H-pyrrole nitrogens is 1. The quantitative estimate of drug-likeness (QED) is 0.787. The van der Waals surface area contributed by atoms with E-state index in [1.54, 1.807) is 18.5 Å². The Hall–Kier alpha value is -1.25. The molecular formula is C11H18N2O. The van der Waals surface area contributed by atoms with Gasteiger partial charge in [-0.3, -0.25) is 4.79 Å². The Morgan fingerprint density at radius 1 is 1.29 bits per heavy atom. The molecule has 1 aromatic heterocycles. The van der Waals surface area contributed by atoms with Crippen LogP contribution in [0.5, 0.6) is 0 Å². The van der Waals surface area contributed by atoms with Gasteiger partial charge in [0, 0.05) is 24.5 Å². The number of rotatable bonds is 3. The fraction of sp³-hybridized carbons (Fsp3) is 0.545. The lowest BCUT2D eigenvalue weighted by Gasteiger charge is -2.30. The number of hydrogen-bond acceptors (Lipinski definition) is 1. The summed E-state index contributed by atoms with van der Waals surface area (Å²) >= 11 is 0. The molecule has 1 heterocycles. The summed E-state index contributed by atoms with van der Waals surface area (Å²) in [5, 5.41) is 0. The van der Waals surface area contributed by atoms with Gasteiger partial charge in [0.15, 0.2) is 0 Å². The van der Waals surface area contributed by atoms with Gasteiger partial charge in [0.2, 0.25) is 0 Å². The molecule has 0 radical (unpaired) electrons. The molecule has 0 unspecified atom stereocenters. The molecule has 0 bridgehead atoms. The van der Waals surface area contributed by atoms with Gasteiger partial charge in [-0.25, -0.2) is 0 Å². The van der Waals surface area contributed by atoms with E-state index in [0.29, 0.717) is 0 Å². The van der Waals surface area contributed by atoms with Crippen LogP contribution >= 0.6 is 0 Å². The van der Waals surface area contributed by atoms with Crippen LogP contribution in [0.15, 0.2) is 18.5 Å². The van der Waals surface area contributed by atoms with Crippen molar-refractivity contribution in [1.29, 1.82) is 0 Å². The van der Waals surface area contributed by atoms with Crippen LogP contribution < -0.4 is 0 Å². The van der Waals surface area contributed by atoms with E-state index >= 15 is 0 Å². The number of amides is 1. The molecule has 0 aliphatic heterocycles. The Morgan fingerprint density at radius 3 is 2.21 bits per heavy atom. The Balaban J connectivity index is 2.85. The summed E-state index contributed by atoms with van der Waals surface area (Å²) < 4.78 is 0. The molecule has 0 atom stereocenters. The van der Waals surface area contributed by atoms with Crippen LogP contribution in [0.4, 0.5) is 0 Å². The average molecular weight is 194 g/mol. The van der Waals surface area contributed by atoms with E-state index in [4.69, 9.17) is 0 Å². The molecule has 1 rings (SSSR count). The zero-order valence-electron chi connectivity index (χ0n) is 9.24. The lowest BCUT2D eigenvalue weighted by atomic mass is 10.2. The second-order valence-electron chi connectivity index (χ2n) is 4.00. The maximum absolute atomic E-state index is 12.0. The zero-order valence-corrected chi connectivity index (χ0v) is 9.24. The normalized spacial score (nSPS) is 11.0. The number of aromatic amines is 1. The fourth-order valence-electron chi connectivity index (χ4n) is 1.67. The van der Waals surface area contributed by atoms with Gasteiger partial charge in [-0.15, -0.1) is 0 Å². The molecule has 0 saturated carbocycles. The van der Waals surface area contributed by atoms with Crippen LogP contribution in [0.3, 0.4) is 0 Å². The highest BCUT2D eigenvalue weighted by atomic mass is 16.2. The molecule has 0 saturated heterocycles. The minimum Gasteiger partial charge on any atom is -0.367 e. The molecule has 1 amide bonds. The second kappa shape index (κ2) is 4.31. The van der Waals surface area contributed by atoms with E-state index in [-0.39, 0.29) is 18.0 Å². The minimum atomic E-state index is 0.0938. The molecule has 0 fully saturated rings. The van der Waals surface area contributed by atoms with Gasteiger partial charge in [0.05, 0.1) is 5.56 Å². The zero-order chi connectivity index (χ0) is 10.7. The lowest BCUT2D eigenvalue weighted by molar-refractivity contribution is 0.0644. The highest BCUT2D eigenvalue weighted by molar-refractivity contribution is 5.94. The molecule has 1 N–H and O–H groups in total. The van der Waals surface area contributed by atoms with Crippen LogP contribution in [-0.2, 0) is 0 Å². The van der Waals surface area contributed by atoms with Crippen molar-refractivity contribution >= 4 is 5.91 Å². The van der Waals surface area contributed by atoms with Crippen LogP contribution in [0.25, 0.3) is 0 Å². The number of hydrogen-bond donors (Lipinski definition) is 1. The molecular weight excluding hydrogens is 176 g/mol. The highest BCUT2D eigenvalue weighted by Gasteiger charge is 2.21.